The van der Waals surface area contributed by atoms with Gasteiger partial charge in [0.25, 0.3) is 0 Å². The Morgan fingerprint density at radius 1 is 1.00 bits per heavy atom. The molecule has 0 heterocycles. The Hall–Kier alpha value is -1.49. The molecule has 0 N–H and O–H groups in total. The summed E-state index contributed by atoms with van der Waals surface area (Å²) in [6, 6.07) is 8.30. The summed E-state index contributed by atoms with van der Waals surface area (Å²) < 4.78 is 45.1. The van der Waals surface area contributed by atoms with Crippen molar-refractivity contribution < 1.29 is 17.9 Å². The summed E-state index contributed by atoms with van der Waals surface area (Å²) in [6.45, 7) is -0.0130. The van der Waals surface area contributed by atoms with E-state index in [9.17, 15) is 13.2 Å². The third-order valence-corrected chi connectivity index (χ3v) is 3.07. The molecule has 0 radical (unpaired) electrons. The largest absolute Gasteiger partial charge is 0.483 e. The number of hydrogen-bond acceptors (Lipinski definition) is 1. The van der Waals surface area contributed by atoms with Crippen LogP contribution in [0, 0.1) is 17.5 Å². The Balaban J connectivity index is 2.19. The first-order chi connectivity index (χ1) is 8.58. The van der Waals surface area contributed by atoms with Crippen molar-refractivity contribution in [3.63, 3.8) is 0 Å². The van der Waals surface area contributed by atoms with Crippen LogP contribution in [0.25, 0.3) is 0 Å². The molecule has 0 unspecified atom stereocenters. The van der Waals surface area contributed by atoms with E-state index in [4.69, 9.17) is 4.74 Å². The minimum atomic E-state index is -1.06. The minimum absolute atomic E-state index is 0.0130. The van der Waals surface area contributed by atoms with Gasteiger partial charge in [-0.2, -0.15) is 0 Å². The maximum Gasteiger partial charge on any atom is 0.191 e. The molecule has 18 heavy (non-hydrogen) atoms. The molecule has 5 heteroatoms. The van der Waals surface area contributed by atoms with Crippen LogP contribution in [0.4, 0.5) is 13.2 Å². The van der Waals surface area contributed by atoms with Crippen LogP contribution >= 0.6 is 15.9 Å². The number of hydrogen-bond donors (Lipinski definition) is 0. The van der Waals surface area contributed by atoms with Crippen molar-refractivity contribution >= 4 is 15.9 Å². The van der Waals surface area contributed by atoms with Gasteiger partial charge in [0.05, 0.1) is 0 Å². The maximum absolute atomic E-state index is 13.3. The first kappa shape index (κ1) is 13.0. The number of halogens is 4. The molecule has 2 aromatic rings. The summed E-state index contributed by atoms with van der Waals surface area (Å²) in [5.74, 6) is -3.66. The van der Waals surface area contributed by atoms with E-state index in [0.29, 0.717) is 12.1 Å². The van der Waals surface area contributed by atoms with Crippen LogP contribution in [-0.2, 0) is 6.61 Å². The highest BCUT2D eigenvalue weighted by Crippen LogP contribution is 2.25. The van der Waals surface area contributed by atoms with Crippen molar-refractivity contribution in [1.29, 1.82) is 0 Å². The Labute approximate surface area is 110 Å². The van der Waals surface area contributed by atoms with Gasteiger partial charge >= 0.3 is 0 Å². The molecule has 0 fully saturated rings. The molecule has 0 aliphatic carbocycles. The topological polar surface area (TPSA) is 9.23 Å². The predicted molar refractivity (Wildman–Crippen MR) is 64.8 cm³/mol. The summed E-state index contributed by atoms with van der Waals surface area (Å²) in [6.07, 6.45) is 0. The van der Waals surface area contributed by atoms with Crippen molar-refractivity contribution in [2.24, 2.45) is 0 Å². The van der Waals surface area contributed by atoms with Gasteiger partial charge in [-0.25, -0.2) is 13.2 Å². The second-order valence-electron chi connectivity index (χ2n) is 3.58. The van der Waals surface area contributed by atoms with Gasteiger partial charge in [-0.1, -0.05) is 34.1 Å². The molecular formula is C13H8BrF3O. The lowest BCUT2D eigenvalue weighted by Gasteiger charge is -2.09. The van der Waals surface area contributed by atoms with Gasteiger partial charge in [-0.15, -0.1) is 0 Å². The van der Waals surface area contributed by atoms with E-state index in [1.807, 2.05) is 6.07 Å². The third kappa shape index (κ3) is 2.85. The van der Waals surface area contributed by atoms with E-state index in [-0.39, 0.29) is 6.61 Å². The Bertz CT molecular complexity index is 549. The van der Waals surface area contributed by atoms with Gasteiger partial charge in [-0.05, 0) is 6.07 Å². The first-order valence-electron chi connectivity index (χ1n) is 5.08. The highest BCUT2D eigenvalue weighted by Gasteiger charge is 2.13. The molecule has 0 aliphatic heterocycles. The van der Waals surface area contributed by atoms with Crippen molar-refractivity contribution in [3.05, 3.63) is 63.9 Å². The van der Waals surface area contributed by atoms with Crippen LogP contribution in [0.2, 0.25) is 0 Å². The zero-order valence-electron chi connectivity index (χ0n) is 9.09. The van der Waals surface area contributed by atoms with E-state index in [1.54, 1.807) is 18.2 Å². The molecule has 0 saturated heterocycles. The van der Waals surface area contributed by atoms with Crippen molar-refractivity contribution in [2.75, 3.05) is 0 Å². The second kappa shape index (κ2) is 5.44. The standard InChI is InChI=1S/C13H8BrF3O/c14-10-4-2-1-3-8(10)7-18-13-11(16)5-9(15)6-12(13)17/h1-6H,7H2. The Morgan fingerprint density at radius 3 is 2.22 bits per heavy atom. The molecule has 1 nitrogen and oxygen atoms in total. The van der Waals surface area contributed by atoms with E-state index in [2.05, 4.69) is 15.9 Å². The number of benzene rings is 2. The van der Waals surface area contributed by atoms with Crippen molar-refractivity contribution in [2.45, 2.75) is 6.61 Å². The fourth-order valence-electron chi connectivity index (χ4n) is 1.43. The van der Waals surface area contributed by atoms with E-state index >= 15 is 0 Å². The summed E-state index contributed by atoms with van der Waals surface area (Å²) in [4.78, 5) is 0. The molecule has 0 aliphatic rings. The van der Waals surface area contributed by atoms with Gasteiger partial charge in [0.15, 0.2) is 17.4 Å². The van der Waals surface area contributed by atoms with Crippen molar-refractivity contribution in [1.82, 2.24) is 0 Å². The monoisotopic (exact) mass is 316 g/mol. The summed E-state index contributed by atoms with van der Waals surface area (Å²) in [5.41, 5.74) is 0.737. The highest BCUT2D eigenvalue weighted by molar-refractivity contribution is 9.10. The van der Waals surface area contributed by atoms with E-state index < -0.39 is 23.2 Å². The number of ether oxygens (including phenoxy) is 1. The van der Waals surface area contributed by atoms with Gasteiger partial charge in [0.1, 0.15) is 12.4 Å². The SMILES string of the molecule is Fc1cc(F)c(OCc2ccccc2Br)c(F)c1. The Morgan fingerprint density at radius 2 is 1.61 bits per heavy atom. The maximum atomic E-state index is 13.3. The lowest BCUT2D eigenvalue weighted by atomic mass is 10.2. The average molecular weight is 317 g/mol. The Kier molecular flexibility index (Phi) is 3.91. The normalized spacial score (nSPS) is 10.4. The zero-order valence-corrected chi connectivity index (χ0v) is 10.7. The molecule has 2 rings (SSSR count). The van der Waals surface area contributed by atoms with E-state index in [1.165, 1.54) is 0 Å². The second-order valence-corrected chi connectivity index (χ2v) is 4.43. The van der Waals surface area contributed by atoms with Crippen LogP contribution < -0.4 is 4.74 Å². The molecule has 0 atom stereocenters. The van der Waals surface area contributed by atoms with Gasteiger partial charge < -0.3 is 4.74 Å². The van der Waals surface area contributed by atoms with Crippen LogP contribution in [0.3, 0.4) is 0 Å². The summed E-state index contributed by atoms with van der Waals surface area (Å²) >= 11 is 3.29. The quantitative estimate of drug-likeness (QED) is 0.813. The molecule has 2 aromatic carbocycles. The lowest BCUT2D eigenvalue weighted by Crippen LogP contribution is -2.01. The lowest BCUT2D eigenvalue weighted by molar-refractivity contribution is 0.272. The molecule has 0 bridgehead atoms. The fourth-order valence-corrected chi connectivity index (χ4v) is 1.83. The predicted octanol–water partition coefficient (Wildman–Crippen LogP) is 4.45. The van der Waals surface area contributed by atoms with Crippen LogP contribution in [-0.4, -0.2) is 0 Å². The average Bonchev–Trinajstić information content (AvgIpc) is 2.30. The molecule has 0 spiro atoms. The molecule has 94 valence electrons. The molecule has 0 amide bonds. The minimum Gasteiger partial charge on any atom is -0.483 e. The highest BCUT2D eigenvalue weighted by atomic mass is 79.9. The van der Waals surface area contributed by atoms with Crippen LogP contribution in [0.1, 0.15) is 5.56 Å². The van der Waals surface area contributed by atoms with Crippen LogP contribution in [0.5, 0.6) is 5.75 Å². The number of rotatable bonds is 3. The fraction of sp³-hybridized carbons (Fsp3) is 0.0769. The van der Waals surface area contributed by atoms with Crippen molar-refractivity contribution in [3.8, 4) is 5.75 Å². The van der Waals surface area contributed by atoms with E-state index in [0.717, 1.165) is 10.0 Å². The molecule has 0 aromatic heterocycles. The van der Waals surface area contributed by atoms with Crippen LogP contribution in [0.15, 0.2) is 40.9 Å². The third-order valence-electron chi connectivity index (χ3n) is 2.29. The smallest absolute Gasteiger partial charge is 0.191 e. The molecular weight excluding hydrogens is 309 g/mol. The zero-order chi connectivity index (χ0) is 13.1. The molecule has 0 saturated carbocycles. The summed E-state index contributed by atoms with van der Waals surface area (Å²) in [7, 11) is 0. The van der Waals surface area contributed by atoms with Gasteiger partial charge in [0.2, 0.25) is 0 Å². The first-order valence-corrected chi connectivity index (χ1v) is 5.88. The summed E-state index contributed by atoms with van der Waals surface area (Å²) in [5, 5.41) is 0. The van der Waals surface area contributed by atoms with Gasteiger partial charge in [-0.3, -0.25) is 0 Å². The van der Waals surface area contributed by atoms with Gasteiger partial charge in [0, 0.05) is 22.2 Å².